The number of hydrogen-bond donors (Lipinski definition) is 2. The highest BCUT2D eigenvalue weighted by atomic mass is 79.9. The summed E-state index contributed by atoms with van der Waals surface area (Å²) < 4.78 is 0.749. The van der Waals surface area contributed by atoms with Crippen LogP contribution in [0.2, 0.25) is 10.0 Å². The average Bonchev–Trinajstić information content (AvgIpc) is 2.43. The van der Waals surface area contributed by atoms with E-state index < -0.39 is 0 Å². The van der Waals surface area contributed by atoms with Gasteiger partial charge in [-0.15, -0.1) is 0 Å². The SMILES string of the molecule is NCCc1ccccc1C(=O)Nc1c(Cl)cc(Br)cc1Cl. The summed E-state index contributed by atoms with van der Waals surface area (Å²) in [5, 5.41) is 3.50. The monoisotopic (exact) mass is 386 g/mol. The fourth-order valence-electron chi connectivity index (χ4n) is 1.96. The summed E-state index contributed by atoms with van der Waals surface area (Å²) in [7, 11) is 0. The van der Waals surface area contributed by atoms with Crippen LogP contribution in [0.4, 0.5) is 5.69 Å². The van der Waals surface area contributed by atoms with E-state index in [4.69, 9.17) is 28.9 Å². The third-order valence-electron chi connectivity index (χ3n) is 2.92. The van der Waals surface area contributed by atoms with Gasteiger partial charge in [-0.3, -0.25) is 4.79 Å². The summed E-state index contributed by atoms with van der Waals surface area (Å²) in [6.07, 6.45) is 0.630. The Morgan fingerprint density at radius 1 is 1.19 bits per heavy atom. The molecule has 2 aromatic carbocycles. The van der Waals surface area contributed by atoms with Crippen LogP contribution in [0, 0.1) is 0 Å². The van der Waals surface area contributed by atoms with Gasteiger partial charge in [0.15, 0.2) is 0 Å². The molecule has 3 nitrogen and oxygen atoms in total. The largest absolute Gasteiger partial charge is 0.330 e. The minimum Gasteiger partial charge on any atom is -0.330 e. The first kappa shape index (κ1) is 16.3. The molecule has 0 atom stereocenters. The van der Waals surface area contributed by atoms with E-state index in [0.717, 1.165) is 10.0 Å². The van der Waals surface area contributed by atoms with Gasteiger partial charge in [0, 0.05) is 10.0 Å². The smallest absolute Gasteiger partial charge is 0.256 e. The molecule has 0 heterocycles. The predicted molar refractivity (Wildman–Crippen MR) is 91.3 cm³/mol. The maximum atomic E-state index is 12.4. The predicted octanol–water partition coefficient (Wildman–Crippen LogP) is 4.51. The van der Waals surface area contributed by atoms with Gasteiger partial charge in [-0.05, 0) is 36.7 Å². The van der Waals surface area contributed by atoms with Gasteiger partial charge in [-0.2, -0.15) is 0 Å². The summed E-state index contributed by atoms with van der Waals surface area (Å²) in [5.74, 6) is -0.259. The molecule has 0 saturated carbocycles. The third kappa shape index (κ3) is 3.98. The summed E-state index contributed by atoms with van der Waals surface area (Å²) in [4.78, 5) is 12.4. The van der Waals surface area contributed by atoms with Crippen molar-refractivity contribution >= 4 is 50.7 Å². The first-order valence-corrected chi connectivity index (χ1v) is 7.81. The molecular formula is C15H13BrCl2N2O. The highest BCUT2D eigenvalue weighted by molar-refractivity contribution is 9.10. The van der Waals surface area contributed by atoms with Crippen molar-refractivity contribution < 1.29 is 4.79 Å². The highest BCUT2D eigenvalue weighted by Gasteiger charge is 2.15. The Balaban J connectivity index is 2.31. The molecule has 0 aliphatic rings. The summed E-state index contributed by atoms with van der Waals surface area (Å²) in [6.45, 7) is 0.476. The second-order valence-electron chi connectivity index (χ2n) is 4.39. The van der Waals surface area contributed by atoms with Gasteiger partial charge < -0.3 is 11.1 Å². The van der Waals surface area contributed by atoms with E-state index in [2.05, 4.69) is 21.2 Å². The van der Waals surface area contributed by atoms with E-state index in [1.165, 1.54) is 0 Å². The van der Waals surface area contributed by atoms with E-state index in [0.29, 0.717) is 34.3 Å². The molecule has 0 radical (unpaired) electrons. The molecule has 6 heteroatoms. The number of anilines is 1. The Hall–Kier alpha value is -1.07. The molecule has 110 valence electrons. The maximum absolute atomic E-state index is 12.4. The zero-order valence-electron chi connectivity index (χ0n) is 11.0. The number of nitrogens with one attached hydrogen (secondary N) is 1. The second-order valence-corrected chi connectivity index (χ2v) is 6.12. The van der Waals surface area contributed by atoms with Gasteiger partial charge in [0.25, 0.3) is 5.91 Å². The average molecular weight is 388 g/mol. The molecule has 2 aromatic rings. The Morgan fingerprint density at radius 2 is 1.81 bits per heavy atom. The molecule has 3 N–H and O–H groups in total. The fourth-order valence-corrected chi connectivity index (χ4v) is 3.26. The Morgan fingerprint density at radius 3 is 2.43 bits per heavy atom. The van der Waals surface area contributed by atoms with Crippen LogP contribution < -0.4 is 11.1 Å². The Bertz CT molecular complexity index is 653. The Labute approximate surface area is 141 Å². The minimum absolute atomic E-state index is 0.259. The van der Waals surface area contributed by atoms with E-state index in [1.807, 2.05) is 12.1 Å². The van der Waals surface area contributed by atoms with Crippen LogP contribution in [0.3, 0.4) is 0 Å². The first-order chi connectivity index (χ1) is 10.0. The van der Waals surface area contributed by atoms with Crippen LogP contribution in [0.1, 0.15) is 15.9 Å². The normalized spacial score (nSPS) is 10.5. The molecule has 21 heavy (non-hydrogen) atoms. The van der Waals surface area contributed by atoms with Crippen LogP contribution in [0.15, 0.2) is 40.9 Å². The van der Waals surface area contributed by atoms with Gasteiger partial charge in [-0.1, -0.05) is 57.3 Å². The van der Waals surface area contributed by atoms with Crippen molar-refractivity contribution in [3.8, 4) is 0 Å². The number of carbonyl (C=O) groups excluding carboxylic acids is 1. The molecule has 0 unspecified atom stereocenters. The van der Waals surface area contributed by atoms with Crippen molar-refractivity contribution in [3.63, 3.8) is 0 Å². The van der Waals surface area contributed by atoms with Crippen molar-refractivity contribution in [2.75, 3.05) is 11.9 Å². The van der Waals surface area contributed by atoms with Gasteiger partial charge in [0.05, 0.1) is 15.7 Å². The fraction of sp³-hybridized carbons (Fsp3) is 0.133. The van der Waals surface area contributed by atoms with Crippen LogP contribution >= 0.6 is 39.1 Å². The molecule has 0 bridgehead atoms. The molecule has 0 fully saturated rings. The summed E-state index contributed by atoms with van der Waals surface area (Å²) in [5.41, 5.74) is 7.42. The first-order valence-electron chi connectivity index (χ1n) is 6.26. The maximum Gasteiger partial charge on any atom is 0.256 e. The molecule has 0 aromatic heterocycles. The van der Waals surface area contributed by atoms with E-state index in [1.54, 1.807) is 24.3 Å². The van der Waals surface area contributed by atoms with E-state index in [9.17, 15) is 4.79 Å². The standard InChI is InChI=1S/C15H13BrCl2N2O/c16-10-7-12(17)14(13(18)8-10)20-15(21)11-4-2-1-3-9(11)5-6-19/h1-4,7-8H,5-6,19H2,(H,20,21). The van der Waals surface area contributed by atoms with Crippen molar-refractivity contribution in [3.05, 3.63) is 62.0 Å². The third-order valence-corrected chi connectivity index (χ3v) is 3.98. The van der Waals surface area contributed by atoms with Gasteiger partial charge in [0.2, 0.25) is 0 Å². The highest BCUT2D eigenvalue weighted by Crippen LogP contribution is 2.34. The number of halogens is 3. The molecule has 0 aliphatic heterocycles. The zero-order valence-corrected chi connectivity index (χ0v) is 14.1. The molecule has 1 amide bonds. The van der Waals surface area contributed by atoms with Crippen molar-refractivity contribution in [2.24, 2.45) is 5.73 Å². The van der Waals surface area contributed by atoms with Crippen molar-refractivity contribution in [2.45, 2.75) is 6.42 Å². The quantitative estimate of drug-likeness (QED) is 0.810. The van der Waals surface area contributed by atoms with Crippen LogP contribution in [-0.4, -0.2) is 12.5 Å². The van der Waals surface area contributed by atoms with E-state index >= 15 is 0 Å². The van der Waals surface area contributed by atoms with Crippen molar-refractivity contribution in [1.29, 1.82) is 0 Å². The molecule has 0 saturated heterocycles. The molecule has 2 rings (SSSR count). The van der Waals surface area contributed by atoms with Crippen LogP contribution in [0.5, 0.6) is 0 Å². The Kier molecular flexibility index (Phi) is 5.65. The molecule has 0 aliphatic carbocycles. The minimum atomic E-state index is -0.259. The van der Waals surface area contributed by atoms with Crippen LogP contribution in [0.25, 0.3) is 0 Å². The number of amides is 1. The number of hydrogen-bond acceptors (Lipinski definition) is 2. The summed E-state index contributed by atoms with van der Waals surface area (Å²) in [6, 6.07) is 10.7. The lowest BCUT2D eigenvalue weighted by Gasteiger charge is -2.12. The summed E-state index contributed by atoms with van der Waals surface area (Å²) >= 11 is 15.5. The number of carbonyl (C=O) groups is 1. The van der Waals surface area contributed by atoms with E-state index in [-0.39, 0.29) is 5.91 Å². The lowest BCUT2D eigenvalue weighted by atomic mass is 10.0. The zero-order chi connectivity index (χ0) is 15.4. The molecular weight excluding hydrogens is 375 g/mol. The number of rotatable bonds is 4. The van der Waals surface area contributed by atoms with Crippen molar-refractivity contribution in [1.82, 2.24) is 0 Å². The van der Waals surface area contributed by atoms with Gasteiger partial charge >= 0.3 is 0 Å². The topological polar surface area (TPSA) is 55.1 Å². The second kappa shape index (κ2) is 7.27. The lowest BCUT2D eigenvalue weighted by Crippen LogP contribution is -2.16. The van der Waals surface area contributed by atoms with Gasteiger partial charge in [0.1, 0.15) is 0 Å². The lowest BCUT2D eigenvalue weighted by molar-refractivity contribution is 0.102. The number of benzene rings is 2. The molecule has 0 spiro atoms. The van der Waals surface area contributed by atoms with Crippen LogP contribution in [-0.2, 0) is 6.42 Å². The van der Waals surface area contributed by atoms with Gasteiger partial charge in [-0.25, -0.2) is 0 Å². The number of nitrogens with two attached hydrogens (primary N) is 1.